The van der Waals surface area contributed by atoms with Crippen LogP contribution in [0.15, 0.2) is 48.5 Å². The molecule has 0 saturated carbocycles. The van der Waals surface area contributed by atoms with E-state index in [2.05, 4.69) is 64.2 Å². The molecule has 0 spiro atoms. The Morgan fingerprint density at radius 1 is 0.958 bits per heavy atom. The first-order valence-electron chi connectivity index (χ1n) is 8.65. The van der Waals surface area contributed by atoms with Crippen LogP contribution in [-0.2, 0) is 5.41 Å². The van der Waals surface area contributed by atoms with Gasteiger partial charge in [0.1, 0.15) is 0 Å². The van der Waals surface area contributed by atoms with Crippen LogP contribution < -0.4 is 11.1 Å². The smallest absolute Gasteiger partial charge is 0.0390 e. The number of nitrogens with two attached hydrogens (primary N) is 1. The number of nitrogens with one attached hydrogen (secondary N) is 1. The van der Waals surface area contributed by atoms with Crippen LogP contribution in [-0.4, -0.2) is 0 Å². The van der Waals surface area contributed by atoms with E-state index < -0.39 is 0 Å². The molecule has 3 rings (SSSR count). The van der Waals surface area contributed by atoms with Crippen molar-refractivity contribution >= 4 is 22.6 Å². The standard InChI is InChI=1S/C22H28N2/c1-21(2,3)19-12-13-22(4,5)20-11-10-17(14-18(19)20)24-16-8-6-15(23)7-9-16/h6-12,14,24H,13,23H2,1-5H3. The van der Waals surface area contributed by atoms with Gasteiger partial charge in [-0.1, -0.05) is 46.8 Å². The van der Waals surface area contributed by atoms with E-state index in [1.165, 1.54) is 16.7 Å². The maximum absolute atomic E-state index is 5.77. The van der Waals surface area contributed by atoms with E-state index >= 15 is 0 Å². The van der Waals surface area contributed by atoms with Gasteiger partial charge in [-0.05, 0) is 70.3 Å². The largest absolute Gasteiger partial charge is 0.399 e. The summed E-state index contributed by atoms with van der Waals surface area (Å²) in [5.41, 5.74) is 13.3. The molecule has 0 saturated heterocycles. The average molecular weight is 320 g/mol. The van der Waals surface area contributed by atoms with E-state index in [1.807, 2.05) is 24.3 Å². The minimum Gasteiger partial charge on any atom is -0.399 e. The van der Waals surface area contributed by atoms with E-state index in [0.29, 0.717) is 0 Å². The van der Waals surface area contributed by atoms with Gasteiger partial charge in [0.15, 0.2) is 0 Å². The highest BCUT2D eigenvalue weighted by Gasteiger charge is 2.32. The van der Waals surface area contributed by atoms with Crippen molar-refractivity contribution in [1.82, 2.24) is 0 Å². The van der Waals surface area contributed by atoms with Crippen molar-refractivity contribution in [2.24, 2.45) is 5.41 Å². The molecule has 2 aromatic carbocycles. The Bertz CT molecular complexity index is 775. The molecule has 0 amide bonds. The summed E-state index contributed by atoms with van der Waals surface area (Å²) in [5.74, 6) is 0. The van der Waals surface area contributed by atoms with Gasteiger partial charge in [-0.2, -0.15) is 0 Å². The van der Waals surface area contributed by atoms with E-state index in [4.69, 9.17) is 5.73 Å². The van der Waals surface area contributed by atoms with Crippen LogP contribution in [0.25, 0.3) is 5.57 Å². The third-order valence-corrected chi connectivity index (χ3v) is 4.86. The van der Waals surface area contributed by atoms with Gasteiger partial charge < -0.3 is 11.1 Å². The number of hydrogen-bond acceptors (Lipinski definition) is 2. The highest BCUT2D eigenvalue weighted by molar-refractivity contribution is 5.78. The number of fused-ring (bicyclic) bond motifs is 1. The lowest BCUT2D eigenvalue weighted by Gasteiger charge is -2.37. The number of hydrogen-bond donors (Lipinski definition) is 2. The van der Waals surface area contributed by atoms with Gasteiger partial charge in [-0.15, -0.1) is 0 Å². The molecule has 0 bridgehead atoms. The van der Waals surface area contributed by atoms with E-state index in [-0.39, 0.29) is 10.8 Å². The van der Waals surface area contributed by atoms with Gasteiger partial charge in [0.25, 0.3) is 0 Å². The number of allylic oxidation sites excluding steroid dienone is 2. The molecule has 1 aliphatic rings. The van der Waals surface area contributed by atoms with Crippen LogP contribution in [0.4, 0.5) is 17.1 Å². The van der Waals surface area contributed by atoms with E-state index in [0.717, 1.165) is 23.5 Å². The highest BCUT2D eigenvalue weighted by Crippen LogP contribution is 2.46. The molecular formula is C22H28N2. The first-order chi connectivity index (χ1) is 11.2. The van der Waals surface area contributed by atoms with Crippen LogP contribution in [0.3, 0.4) is 0 Å². The summed E-state index contributed by atoms with van der Waals surface area (Å²) in [5, 5.41) is 3.50. The number of rotatable bonds is 2. The van der Waals surface area contributed by atoms with Gasteiger partial charge in [0.2, 0.25) is 0 Å². The van der Waals surface area contributed by atoms with Crippen molar-refractivity contribution in [1.29, 1.82) is 0 Å². The molecule has 3 N–H and O–H groups in total. The van der Waals surface area contributed by atoms with Crippen LogP contribution in [0.2, 0.25) is 0 Å². The Kier molecular flexibility index (Phi) is 3.95. The predicted octanol–water partition coefficient (Wildman–Crippen LogP) is 6.12. The lowest BCUT2D eigenvalue weighted by Crippen LogP contribution is -2.25. The summed E-state index contributed by atoms with van der Waals surface area (Å²) < 4.78 is 0. The highest BCUT2D eigenvalue weighted by atomic mass is 14.9. The van der Waals surface area contributed by atoms with Gasteiger partial charge >= 0.3 is 0 Å². The molecule has 0 aliphatic heterocycles. The van der Waals surface area contributed by atoms with Crippen LogP contribution in [0.1, 0.15) is 52.2 Å². The zero-order chi connectivity index (χ0) is 17.5. The van der Waals surface area contributed by atoms with E-state index in [9.17, 15) is 0 Å². The molecule has 0 fully saturated rings. The van der Waals surface area contributed by atoms with Crippen LogP contribution in [0.5, 0.6) is 0 Å². The fourth-order valence-corrected chi connectivity index (χ4v) is 3.46. The van der Waals surface area contributed by atoms with Crippen LogP contribution in [0, 0.1) is 5.41 Å². The molecule has 0 radical (unpaired) electrons. The summed E-state index contributed by atoms with van der Waals surface area (Å²) in [6.07, 6.45) is 3.52. The topological polar surface area (TPSA) is 38.0 Å². The van der Waals surface area contributed by atoms with Crippen LogP contribution >= 0.6 is 0 Å². The average Bonchev–Trinajstić information content (AvgIpc) is 2.48. The Balaban J connectivity index is 2.02. The predicted molar refractivity (Wildman–Crippen MR) is 106 cm³/mol. The minimum atomic E-state index is 0.144. The lowest BCUT2D eigenvalue weighted by atomic mass is 9.68. The van der Waals surface area contributed by atoms with Gasteiger partial charge in [-0.3, -0.25) is 0 Å². The van der Waals surface area contributed by atoms with E-state index in [1.54, 1.807) is 0 Å². The first kappa shape index (κ1) is 16.6. The monoisotopic (exact) mass is 320 g/mol. The summed E-state index contributed by atoms with van der Waals surface area (Å²) in [6, 6.07) is 14.6. The fraction of sp³-hybridized carbons (Fsp3) is 0.364. The zero-order valence-electron chi connectivity index (χ0n) is 15.4. The molecule has 24 heavy (non-hydrogen) atoms. The molecule has 0 heterocycles. The van der Waals surface area contributed by atoms with Crippen molar-refractivity contribution in [2.75, 3.05) is 11.1 Å². The molecule has 126 valence electrons. The second kappa shape index (κ2) is 5.70. The Hall–Kier alpha value is -2.22. The fourth-order valence-electron chi connectivity index (χ4n) is 3.46. The van der Waals surface area contributed by atoms with Gasteiger partial charge in [0.05, 0.1) is 0 Å². The number of anilines is 3. The number of nitrogen functional groups attached to an aromatic ring is 1. The Morgan fingerprint density at radius 2 is 1.58 bits per heavy atom. The van der Waals surface area contributed by atoms with Gasteiger partial charge in [0, 0.05) is 17.1 Å². The molecule has 2 aromatic rings. The quantitative estimate of drug-likeness (QED) is 0.654. The van der Waals surface area contributed by atoms with Gasteiger partial charge in [-0.25, -0.2) is 0 Å². The maximum Gasteiger partial charge on any atom is 0.0390 e. The molecule has 0 atom stereocenters. The van der Waals surface area contributed by atoms with Crippen molar-refractivity contribution in [3.05, 3.63) is 59.7 Å². The molecule has 0 unspecified atom stereocenters. The van der Waals surface area contributed by atoms with Crippen molar-refractivity contribution in [3.63, 3.8) is 0 Å². The summed E-state index contributed by atoms with van der Waals surface area (Å²) >= 11 is 0. The summed E-state index contributed by atoms with van der Waals surface area (Å²) in [6.45, 7) is 11.5. The second-order valence-corrected chi connectivity index (χ2v) is 8.46. The second-order valence-electron chi connectivity index (χ2n) is 8.46. The third kappa shape index (κ3) is 3.19. The molecule has 1 aliphatic carbocycles. The zero-order valence-corrected chi connectivity index (χ0v) is 15.4. The Morgan fingerprint density at radius 3 is 2.21 bits per heavy atom. The maximum atomic E-state index is 5.77. The SMILES string of the molecule is CC(C)(C)C1=CCC(C)(C)c2ccc(Nc3ccc(N)cc3)cc21. The lowest BCUT2D eigenvalue weighted by molar-refractivity contribution is 0.504. The van der Waals surface area contributed by atoms with Crippen molar-refractivity contribution in [3.8, 4) is 0 Å². The summed E-state index contributed by atoms with van der Waals surface area (Å²) in [7, 11) is 0. The van der Waals surface area contributed by atoms with Crippen molar-refractivity contribution < 1.29 is 0 Å². The van der Waals surface area contributed by atoms with Crippen molar-refractivity contribution in [2.45, 2.75) is 46.5 Å². The normalized spacial score (nSPS) is 16.3. The first-order valence-corrected chi connectivity index (χ1v) is 8.65. The minimum absolute atomic E-state index is 0.144. The Labute approximate surface area is 145 Å². The number of benzene rings is 2. The third-order valence-electron chi connectivity index (χ3n) is 4.86. The molecular weight excluding hydrogens is 292 g/mol. The molecule has 0 aromatic heterocycles. The molecule has 2 heteroatoms. The summed E-state index contributed by atoms with van der Waals surface area (Å²) in [4.78, 5) is 0. The molecule has 2 nitrogen and oxygen atoms in total.